The number of hydrogen-bond donors (Lipinski definition) is 2. The summed E-state index contributed by atoms with van der Waals surface area (Å²) in [6.07, 6.45) is 0. The van der Waals surface area contributed by atoms with E-state index in [1.165, 1.54) is 11.8 Å². The fourth-order valence-electron chi connectivity index (χ4n) is 0.0898. The third kappa shape index (κ3) is 4.25. The summed E-state index contributed by atoms with van der Waals surface area (Å²) in [5.74, 6) is 0. The molecule has 0 fully saturated rings. The van der Waals surface area contributed by atoms with Gasteiger partial charge in [-0.2, -0.15) is 0 Å². The summed E-state index contributed by atoms with van der Waals surface area (Å²) in [5, 5.41) is 6.81. The van der Waals surface area contributed by atoms with Crippen LogP contribution in [0.5, 0.6) is 0 Å². The Morgan fingerprint density at radius 3 is 2.50 bits per heavy atom. The van der Waals surface area contributed by atoms with Gasteiger partial charge in [-0.15, -0.1) is 9.24 Å². The largest absolute Gasteiger partial charge is 0.379 e. The predicted octanol–water partition coefficient (Wildman–Crippen LogP) is 0.446. The van der Waals surface area contributed by atoms with Crippen LogP contribution >= 0.6 is 21.0 Å². The minimum Gasteiger partial charge on any atom is -0.379 e. The molecule has 0 aliphatic heterocycles. The van der Waals surface area contributed by atoms with Gasteiger partial charge in [0.2, 0.25) is 0 Å². The second kappa shape index (κ2) is 3.44. The Kier molecular flexibility index (Phi) is 3.58. The van der Waals surface area contributed by atoms with Gasteiger partial charge in [-0.05, 0) is 0 Å². The molecule has 3 N–H and O–H groups in total. The highest BCUT2D eigenvalue weighted by Gasteiger charge is 1.79. The average molecular weight is 122 g/mol. The lowest BCUT2D eigenvalue weighted by Gasteiger charge is -1.85. The van der Waals surface area contributed by atoms with E-state index in [9.17, 15) is 0 Å². The van der Waals surface area contributed by atoms with Crippen LogP contribution in [0, 0.1) is 5.41 Å². The minimum absolute atomic E-state index is 0.185. The molecule has 0 radical (unpaired) electrons. The summed E-state index contributed by atoms with van der Waals surface area (Å²) in [4.78, 5) is 0. The van der Waals surface area contributed by atoms with E-state index in [0.29, 0.717) is 0 Å². The molecule has 0 saturated heterocycles. The van der Waals surface area contributed by atoms with Gasteiger partial charge in [0.25, 0.3) is 0 Å². The van der Waals surface area contributed by atoms with Crippen molar-refractivity contribution in [2.24, 2.45) is 5.73 Å². The van der Waals surface area contributed by atoms with Crippen molar-refractivity contribution in [2.75, 3.05) is 5.49 Å². The lowest BCUT2D eigenvalue weighted by molar-refractivity contribution is 1.51. The van der Waals surface area contributed by atoms with E-state index in [1.807, 2.05) is 0 Å². The second-order valence-corrected chi connectivity index (χ2v) is 2.74. The molecule has 4 heteroatoms. The van der Waals surface area contributed by atoms with Crippen molar-refractivity contribution in [1.29, 1.82) is 5.41 Å². The zero-order valence-corrected chi connectivity index (χ0v) is 5.24. The van der Waals surface area contributed by atoms with Crippen LogP contribution in [0.3, 0.4) is 0 Å². The van der Waals surface area contributed by atoms with Gasteiger partial charge in [0, 0.05) is 5.49 Å². The molecule has 2 nitrogen and oxygen atoms in total. The molecule has 0 aliphatic carbocycles. The van der Waals surface area contributed by atoms with Crippen LogP contribution in [-0.4, -0.2) is 10.7 Å². The van der Waals surface area contributed by atoms with Crippen LogP contribution in [0.4, 0.5) is 0 Å². The summed E-state index contributed by atoms with van der Waals surface area (Å²) in [6.45, 7) is 0. The summed E-state index contributed by atoms with van der Waals surface area (Å²) in [6, 6.07) is 0. The van der Waals surface area contributed by atoms with Crippen molar-refractivity contribution in [3.05, 3.63) is 0 Å². The van der Waals surface area contributed by atoms with Gasteiger partial charge >= 0.3 is 0 Å². The molecule has 0 bridgehead atoms. The van der Waals surface area contributed by atoms with Gasteiger partial charge < -0.3 is 5.73 Å². The zero-order valence-electron chi connectivity index (χ0n) is 3.27. The van der Waals surface area contributed by atoms with Gasteiger partial charge in [-0.25, -0.2) is 0 Å². The van der Waals surface area contributed by atoms with Gasteiger partial charge in [0.05, 0.1) is 0 Å². The molecule has 0 amide bonds. The van der Waals surface area contributed by atoms with Crippen LogP contribution in [0.15, 0.2) is 0 Å². The predicted molar refractivity (Wildman–Crippen MR) is 34.1 cm³/mol. The SMILES string of the molecule is N=C(N)SCP. The molecular weight excluding hydrogens is 115 g/mol. The number of thioether (sulfide) groups is 1. The number of rotatable bonds is 1. The summed E-state index contributed by atoms with van der Waals surface area (Å²) in [5.41, 5.74) is 5.75. The first kappa shape index (κ1) is 6.25. The second-order valence-electron chi connectivity index (χ2n) is 0.675. The maximum Gasteiger partial charge on any atom is 0.151 e. The number of nitrogens with one attached hydrogen (secondary N) is 1. The molecule has 1 unspecified atom stereocenters. The fourth-order valence-corrected chi connectivity index (χ4v) is 0.808. The summed E-state index contributed by atoms with van der Waals surface area (Å²) >= 11 is 1.31. The summed E-state index contributed by atoms with van der Waals surface area (Å²) in [7, 11) is 2.47. The monoisotopic (exact) mass is 122 g/mol. The van der Waals surface area contributed by atoms with E-state index in [1.54, 1.807) is 0 Å². The summed E-state index contributed by atoms with van der Waals surface area (Å²) < 4.78 is 0. The number of amidine groups is 1. The van der Waals surface area contributed by atoms with Crippen molar-refractivity contribution in [3.63, 3.8) is 0 Å². The van der Waals surface area contributed by atoms with Gasteiger partial charge in [-0.1, -0.05) is 11.8 Å². The van der Waals surface area contributed by atoms with Crippen molar-refractivity contribution < 1.29 is 0 Å². The quantitative estimate of drug-likeness (QED) is 0.301. The molecule has 0 aliphatic rings. The highest BCUT2D eigenvalue weighted by atomic mass is 32.2. The maximum absolute atomic E-state index is 6.62. The molecule has 0 aromatic rings. The smallest absolute Gasteiger partial charge is 0.151 e. The van der Waals surface area contributed by atoms with Crippen LogP contribution in [0.1, 0.15) is 0 Å². The first-order valence-electron chi connectivity index (χ1n) is 1.44. The molecule has 1 atom stereocenters. The van der Waals surface area contributed by atoms with Crippen LogP contribution in [0.2, 0.25) is 0 Å². The minimum atomic E-state index is 0.185. The van der Waals surface area contributed by atoms with Gasteiger partial charge in [0.15, 0.2) is 5.17 Å². The molecule has 0 rings (SSSR count). The Morgan fingerprint density at radius 1 is 2.00 bits per heavy atom. The number of hydrogen-bond acceptors (Lipinski definition) is 2. The highest BCUT2D eigenvalue weighted by molar-refractivity contribution is 8.15. The highest BCUT2D eigenvalue weighted by Crippen LogP contribution is 2.00. The van der Waals surface area contributed by atoms with E-state index in [4.69, 9.17) is 11.1 Å². The van der Waals surface area contributed by atoms with Gasteiger partial charge in [-0.3, -0.25) is 5.41 Å². The van der Waals surface area contributed by atoms with Crippen LogP contribution in [-0.2, 0) is 0 Å². The molecule has 6 heavy (non-hydrogen) atoms. The Morgan fingerprint density at radius 2 is 2.50 bits per heavy atom. The average Bonchev–Trinajstić information content (AvgIpc) is 1.35. The maximum atomic E-state index is 6.62. The molecule has 36 valence electrons. The normalized spacial score (nSPS) is 8.17. The first-order valence-corrected chi connectivity index (χ1v) is 3.24. The Labute approximate surface area is 43.6 Å². The molecule has 0 saturated carbocycles. The van der Waals surface area contributed by atoms with Crippen molar-refractivity contribution in [3.8, 4) is 0 Å². The lowest BCUT2D eigenvalue weighted by Crippen LogP contribution is -2.02. The van der Waals surface area contributed by atoms with Crippen LogP contribution in [0.25, 0.3) is 0 Å². The van der Waals surface area contributed by atoms with E-state index < -0.39 is 0 Å². The van der Waals surface area contributed by atoms with Crippen molar-refractivity contribution in [2.45, 2.75) is 0 Å². The van der Waals surface area contributed by atoms with Crippen LogP contribution < -0.4 is 5.73 Å². The van der Waals surface area contributed by atoms with E-state index in [2.05, 4.69) is 9.24 Å². The topological polar surface area (TPSA) is 49.9 Å². The Bertz CT molecular complexity index is 55.5. The molecule has 0 heterocycles. The standard InChI is InChI=1S/C2H7N2PS/c3-2(4)6-1-5/h1,5H2,(H3,3,4). The Balaban J connectivity index is 2.83. The van der Waals surface area contributed by atoms with Crippen molar-refractivity contribution in [1.82, 2.24) is 0 Å². The van der Waals surface area contributed by atoms with E-state index in [0.717, 1.165) is 5.49 Å². The molecule has 0 aromatic heterocycles. The Hall–Kier alpha value is 0.250. The van der Waals surface area contributed by atoms with E-state index in [-0.39, 0.29) is 5.17 Å². The molecule has 0 aromatic carbocycles. The third-order valence-electron chi connectivity index (χ3n) is 0.239. The molecular formula is C2H7N2PS. The molecule has 0 spiro atoms. The lowest BCUT2D eigenvalue weighted by atomic mass is 11.4. The fraction of sp³-hybridized carbons (Fsp3) is 0.500. The van der Waals surface area contributed by atoms with E-state index >= 15 is 0 Å². The van der Waals surface area contributed by atoms with Crippen molar-refractivity contribution >= 4 is 26.2 Å². The third-order valence-corrected chi connectivity index (χ3v) is 1.22. The number of nitrogens with two attached hydrogens (primary N) is 1. The first-order chi connectivity index (χ1) is 2.77. The van der Waals surface area contributed by atoms with Gasteiger partial charge in [0.1, 0.15) is 0 Å². The zero-order chi connectivity index (χ0) is 4.99.